The number of rotatable bonds is 1. The predicted octanol–water partition coefficient (Wildman–Crippen LogP) is 2.25. The molecule has 3 rings (SSSR count). The first-order valence-corrected chi connectivity index (χ1v) is 7.50. The minimum atomic E-state index is 0. The molecule has 2 atom stereocenters. The molecule has 19 heavy (non-hydrogen) atoms. The topological polar surface area (TPSA) is 46.3 Å². The maximum atomic E-state index is 12.6. The third kappa shape index (κ3) is 2.91. The Bertz CT molecular complexity index is 469. The first-order chi connectivity index (χ1) is 8.75. The summed E-state index contributed by atoms with van der Waals surface area (Å²) in [5.74, 6) is 1.18. The highest BCUT2D eigenvalue weighted by atomic mass is 35.5. The van der Waals surface area contributed by atoms with Crippen molar-refractivity contribution in [1.82, 2.24) is 4.90 Å². The van der Waals surface area contributed by atoms with Crippen molar-refractivity contribution in [3.63, 3.8) is 0 Å². The number of hydrogen-bond acceptors (Lipinski definition) is 3. The van der Waals surface area contributed by atoms with E-state index in [1.54, 1.807) is 11.8 Å². The molecular weight excluding hydrogens is 280 g/mol. The maximum absolute atomic E-state index is 12.6. The van der Waals surface area contributed by atoms with Gasteiger partial charge in [0, 0.05) is 29.8 Å². The van der Waals surface area contributed by atoms with Gasteiger partial charge in [0.05, 0.1) is 5.92 Å². The summed E-state index contributed by atoms with van der Waals surface area (Å²) in [5, 5.41) is 0. The van der Waals surface area contributed by atoms with Crippen molar-refractivity contribution < 1.29 is 4.79 Å². The lowest BCUT2D eigenvalue weighted by Gasteiger charge is -2.32. The molecule has 2 aliphatic rings. The third-order valence-electron chi connectivity index (χ3n) is 3.77. The van der Waals surface area contributed by atoms with E-state index in [0.717, 1.165) is 31.7 Å². The summed E-state index contributed by atoms with van der Waals surface area (Å²) in [6.45, 7) is 1.60. The van der Waals surface area contributed by atoms with Crippen LogP contribution in [-0.4, -0.2) is 35.7 Å². The van der Waals surface area contributed by atoms with Crippen LogP contribution in [0.1, 0.15) is 24.3 Å². The maximum Gasteiger partial charge on any atom is 0.231 e. The fourth-order valence-electron chi connectivity index (χ4n) is 2.80. The Hall–Kier alpha value is -0.710. The molecule has 1 fully saturated rings. The number of amides is 1. The number of carbonyl (C=O) groups is 1. The van der Waals surface area contributed by atoms with Crippen molar-refractivity contribution in [2.45, 2.75) is 29.7 Å². The number of benzene rings is 1. The number of likely N-dealkylation sites (tertiary alicyclic amines) is 1. The molecule has 2 N–H and O–H groups in total. The molecule has 1 aromatic rings. The molecule has 0 aromatic heterocycles. The molecule has 3 nitrogen and oxygen atoms in total. The van der Waals surface area contributed by atoms with Crippen LogP contribution in [0, 0.1) is 0 Å². The normalized spacial score (nSPS) is 25.6. The molecule has 0 saturated carbocycles. The van der Waals surface area contributed by atoms with Crippen molar-refractivity contribution in [2.75, 3.05) is 18.8 Å². The zero-order valence-electron chi connectivity index (χ0n) is 10.7. The number of hydrogen-bond donors (Lipinski definition) is 1. The second-order valence-corrected chi connectivity index (χ2v) is 6.15. The standard InChI is InChI=1S/C14H18N2OS.ClH/c15-10-4-3-7-16(8-10)14(17)12-9-18-13-6-2-1-5-11(12)13;/h1-2,5-6,10,12H,3-4,7-9,15H2;1H. The minimum Gasteiger partial charge on any atom is -0.341 e. The summed E-state index contributed by atoms with van der Waals surface area (Å²) < 4.78 is 0. The van der Waals surface area contributed by atoms with Gasteiger partial charge in [-0.2, -0.15) is 0 Å². The van der Waals surface area contributed by atoms with Crippen molar-refractivity contribution >= 4 is 30.1 Å². The van der Waals surface area contributed by atoms with E-state index in [-0.39, 0.29) is 30.3 Å². The average Bonchev–Trinajstić information content (AvgIpc) is 2.82. The molecule has 2 heterocycles. The van der Waals surface area contributed by atoms with Crippen molar-refractivity contribution in [2.24, 2.45) is 5.73 Å². The minimum absolute atomic E-state index is 0. The Morgan fingerprint density at radius 1 is 1.37 bits per heavy atom. The molecule has 5 heteroatoms. The van der Waals surface area contributed by atoms with Gasteiger partial charge in [-0.25, -0.2) is 0 Å². The lowest BCUT2D eigenvalue weighted by molar-refractivity contribution is -0.133. The van der Waals surface area contributed by atoms with Crippen LogP contribution in [-0.2, 0) is 4.79 Å². The van der Waals surface area contributed by atoms with Gasteiger partial charge in [0.1, 0.15) is 0 Å². The van der Waals surface area contributed by atoms with Crippen LogP contribution >= 0.6 is 24.2 Å². The fraction of sp³-hybridized carbons (Fsp3) is 0.500. The molecular formula is C14H19ClN2OS. The summed E-state index contributed by atoms with van der Waals surface area (Å²) in [4.78, 5) is 15.8. The number of halogens is 1. The lowest BCUT2D eigenvalue weighted by atomic mass is 9.98. The van der Waals surface area contributed by atoms with E-state index < -0.39 is 0 Å². The zero-order valence-corrected chi connectivity index (χ0v) is 12.4. The average molecular weight is 299 g/mol. The van der Waals surface area contributed by atoms with Crippen LogP contribution in [0.5, 0.6) is 0 Å². The summed E-state index contributed by atoms with van der Waals surface area (Å²) in [5.41, 5.74) is 7.16. The van der Waals surface area contributed by atoms with E-state index in [4.69, 9.17) is 5.73 Å². The third-order valence-corrected chi connectivity index (χ3v) is 4.95. The van der Waals surface area contributed by atoms with Gasteiger partial charge in [-0.3, -0.25) is 4.79 Å². The molecule has 0 aliphatic carbocycles. The monoisotopic (exact) mass is 298 g/mol. The summed E-state index contributed by atoms with van der Waals surface area (Å²) in [6.07, 6.45) is 2.08. The fourth-order valence-corrected chi connectivity index (χ4v) is 4.02. The van der Waals surface area contributed by atoms with Gasteiger partial charge >= 0.3 is 0 Å². The SMILES string of the molecule is Cl.NC1CCCN(C(=O)C2CSc3ccccc32)C1. The van der Waals surface area contributed by atoms with Crippen LogP contribution in [0.2, 0.25) is 0 Å². The molecule has 0 bridgehead atoms. The van der Waals surface area contributed by atoms with Gasteiger partial charge in [-0.1, -0.05) is 18.2 Å². The predicted molar refractivity (Wildman–Crippen MR) is 80.9 cm³/mol. The Morgan fingerprint density at radius 3 is 2.95 bits per heavy atom. The summed E-state index contributed by atoms with van der Waals surface area (Å²) in [6, 6.07) is 8.41. The van der Waals surface area contributed by atoms with E-state index in [1.165, 1.54) is 10.5 Å². The number of piperidine rings is 1. The van der Waals surface area contributed by atoms with Gasteiger partial charge in [0.15, 0.2) is 0 Å². The van der Waals surface area contributed by atoms with Gasteiger partial charge < -0.3 is 10.6 Å². The van der Waals surface area contributed by atoms with Crippen molar-refractivity contribution in [3.8, 4) is 0 Å². The van der Waals surface area contributed by atoms with Crippen LogP contribution < -0.4 is 5.73 Å². The number of nitrogens with zero attached hydrogens (tertiary/aromatic N) is 1. The first kappa shape index (κ1) is 14.7. The molecule has 2 aliphatic heterocycles. The lowest BCUT2D eigenvalue weighted by Crippen LogP contribution is -2.47. The van der Waals surface area contributed by atoms with E-state index >= 15 is 0 Å². The van der Waals surface area contributed by atoms with E-state index in [1.807, 2.05) is 17.0 Å². The first-order valence-electron chi connectivity index (χ1n) is 6.52. The summed E-state index contributed by atoms with van der Waals surface area (Å²) >= 11 is 1.79. The molecule has 1 aromatic carbocycles. The van der Waals surface area contributed by atoms with Gasteiger partial charge in [-0.05, 0) is 24.5 Å². The Balaban J connectivity index is 0.00000133. The number of carbonyl (C=O) groups excluding carboxylic acids is 1. The highest BCUT2D eigenvalue weighted by Crippen LogP contribution is 2.40. The van der Waals surface area contributed by atoms with Gasteiger partial charge in [0.25, 0.3) is 0 Å². The van der Waals surface area contributed by atoms with Crippen LogP contribution in [0.4, 0.5) is 0 Å². The van der Waals surface area contributed by atoms with Crippen LogP contribution in [0.3, 0.4) is 0 Å². The zero-order chi connectivity index (χ0) is 12.5. The Labute approximate surface area is 124 Å². The summed E-state index contributed by atoms with van der Waals surface area (Å²) in [7, 11) is 0. The van der Waals surface area contributed by atoms with E-state index in [2.05, 4.69) is 12.1 Å². The molecule has 0 radical (unpaired) electrons. The molecule has 0 spiro atoms. The van der Waals surface area contributed by atoms with E-state index in [0.29, 0.717) is 0 Å². The van der Waals surface area contributed by atoms with Crippen LogP contribution in [0.15, 0.2) is 29.2 Å². The van der Waals surface area contributed by atoms with Gasteiger partial charge in [0.2, 0.25) is 5.91 Å². The number of fused-ring (bicyclic) bond motifs is 1. The van der Waals surface area contributed by atoms with Crippen LogP contribution in [0.25, 0.3) is 0 Å². The smallest absolute Gasteiger partial charge is 0.231 e. The van der Waals surface area contributed by atoms with E-state index in [9.17, 15) is 4.79 Å². The molecule has 1 saturated heterocycles. The highest BCUT2D eigenvalue weighted by Gasteiger charge is 2.33. The molecule has 1 amide bonds. The quantitative estimate of drug-likeness (QED) is 0.865. The van der Waals surface area contributed by atoms with Crippen molar-refractivity contribution in [3.05, 3.63) is 29.8 Å². The second-order valence-electron chi connectivity index (χ2n) is 5.09. The highest BCUT2D eigenvalue weighted by molar-refractivity contribution is 7.99. The van der Waals surface area contributed by atoms with Crippen molar-refractivity contribution in [1.29, 1.82) is 0 Å². The van der Waals surface area contributed by atoms with Gasteiger partial charge in [-0.15, -0.1) is 24.2 Å². The molecule has 104 valence electrons. The Kier molecular flexibility index (Phi) is 4.76. The Morgan fingerprint density at radius 2 is 2.16 bits per heavy atom. The second kappa shape index (κ2) is 6.16. The number of thioether (sulfide) groups is 1. The number of nitrogens with two attached hydrogens (primary N) is 1. The molecule has 2 unspecified atom stereocenters. The largest absolute Gasteiger partial charge is 0.341 e.